The summed E-state index contributed by atoms with van der Waals surface area (Å²) in [5.41, 5.74) is -1.84. The maximum atomic E-state index is 10.8. The molecular weight excluding hydrogens is 184 g/mol. The standard InChI is InChI=1S/C10H16O4/c11-6-5-10(14,9(12)13)7-8-3-1-2-4-8/h6,8,14H,1-5,7H2,(H,12,13). The molecule has 0 aromatic heterocycles. The Morgan fingerprint density at radius 1 is 1.43 bits per heavy atom. The fourth-order valence-electron chi connectivity index (χ4n) is 2.09. The average Bonchev–Trinajstić information content (AvgIpc) is 2.56. The molecule has 80 valence electrons. The predicted molar refractivity (Wildman–Crippen MR) is 49.8 cm³/mol. The van der Waals surface area contributed by atoms with Crippen molar-refractivity contribution in [1.82, 2.24) is 0 Å². The number of aldehydes is 1. The third kappa shape index (κ3) is 2.54. The molecule has 2 N–H and O–H groups in total. The minimum Gasteiger partial charge on any atom is -0.479 e. The van der Waals surface area contributed by atoms with E-state index >= 15 is 0 Å². The summed E-state index contributed by atoms with van der Waals surface area (Å²) < 4.78 is 0. The zero-order valence-corrected chi connectivity index (χ0v) is 8.11. The maximum Gasteiger partial charge on any atom is 0.336 e. The molecular formula is C10H16O4. The van der Waals surface area contributed by atoms with Gasteiger partial charge in [-0.25, -0.2) is 4.79 Å². The van der Waals surface area contributed by atoms with Crippen molar-refractivity contribution in [2.75, 3.05) is 0 Å². The Bertz CT molecular complexity index is 220. The molecule has 0 saturated heterocycles. The Labute approximate surface area is 82.9 Å². The van der Waals surface area contributed by atoms with Crippen LogP contribution >= 0.6 is 0 Å². The number of carbonyl (C=O) groups is 2. The molecule has 1 unspecified atom stereocenters. The number of carboxylic acid groups (broad SMARTS) is 1. The molecule has 1 aliphatic carbocycles. The molecule has 1 rings (SSSR count). The highest BCUT2D eigenvalue weighted by molar-refractivity contribution is 5.80. The van der Waals surface area contributed by atoms with E-state index in [1.54, 1.807) is 0 Å². The third-order valence-electron chi connectivity index (χ3n) is 2.92. The van der Waals surface area contributed by atoms with E-state index in [1.165, 1.54) is 0 Å². The van der Waals surface area contributed by atoms with Gasteiger partial charge < -0.3 is 15.0 Å². The summed E-state index contributed by atoms with van der Waals surface area (Å²) >= 11 is 0. The Morgan fingerprint density at radius 2 is 2.00 bits per heavy atom. The van der Waals surface area contributed by atoms with Crippen LogP contribution in [0, 0.1) is 5.92 Å². The number of hydrogen-bond donors (Lipinski definition) is 2. The van der Waals surface area contributed by atoms with Crippen molar-refractivity contribution in [3.05, 3.63) is 0 Å². The number of carbonyl (C=O) groups excluding carboxylic acids is 1. The van der Waals surface area contributed by atoms with Crippen molar-refractivity contribution in [2.24, 2.45) is 5.92 Å². The summed E-state index contributed by atoms with van der Waals surface area (Å²) in [7, 11) is 0. The van der Waals surface area contributed by atoms with Crippen LogP contribution in [-0.2, 0) is 9.59 Å². The van der Waals surface area contributed by atoms with E-state index in [-0.39, 0.29) is 18.8 Å². The van der Waals surface area contributed by atoms with Gasteiger partial charge in [-0.15, -0.1) is 0 Å². The van der Waals surface area contributed by atoms with Gasteiger partial charge in [-0.1, -0.05) is 25.7 Å². The van der Waals surface area contributed by atoms with Gasteiger partial charge in [0, 0.05) is 6.42 Å². The Balaban J connectivity index is 2.57. The lowest BCUT2D eigenvalue weighted by molar-refractivity contribution is -0.162. The fraction of sp³-hybridized carbons (Fsp3) is 0.800. The molecule has 1 saturated carbocycles. The van der Waals surface area contributed by atoms with Gasteiger partial charge in [-0.3, -0.25) is 0 Å². The van der Waals surface area contributed by atoms with Crippen LogP contribution in [0.2, 0.25) is 0 Å². The normalized spacial score (nSPS) is 21.8. The SMILES string of the molecule is O=CCC(O)(CC1CCCC1)C(=O)O. The smallest absolute Gasteiger partial charge is 0.336 e. The molecule has 1 atom stereocenters. The van der Waals surface area contributed by atoms with Crippen LogP contribution in [0.15, 0.2) is 0 Å². The summed E-state index contributed by atoms with van der Waals surface area (Å²) in [5, 5.41) is 18.5. The Morgan fingerprint density at radius 3 is 2.43 bits per heavy atom. The van der Waals surface area contributed by atoms with Crippen LogP contribution in [0.25, 0.3) is 0 Å². The molecule has 0 aromatic rings. The van der Waals surface area contributed by atoms with Crippen LogP contribution in [0.5, 0.6) is 0 Å². The summed E-state index contributed by atoms with van der Waals surface area (Å²) in [6.07, 6.45) is 4.51. The van der Waals surface area contributed by atoms with Crippen LogP contribution in [0.1, 0.15) is 38.5 Å². The van der Waals surface area contributed by atoms with E-state index < -0.39 is 11.6 Å². The van der Waals surface area contributed by atoms with Crippen LogP contribution in [-0.4, -0.2) is 28.1 Å². The first-order valence-electron chi connectivity index (χ1n) is 4.98. The van der Waals surface area contributed by atoms with E-state index in [9.17, 15) is 14.7 Å². The van der Waals surface area contributed by atoms with Gasteiger partial charge in [0.15, 0.2) is 5.60 Å². The van der Waals surface area contributed by atoms with E-state index in [0.717, 1.165) is 25.7 Å². The van der Waals surface area contributed by atoms with Gasteiger partial charge in [0.1, 0.15) is 6.29 Å². The van der Waals surface area contributed by atoms with Crippen molar-refractivity contribution >= 4 is 12.3 Å². The van der Waals surface area contributed by atoms with Crippen molar-refractivity contribution < 1.29 is 19.8 Å². The monoisotopic (exact) mass is 200 g/mol. The van der Waals surface area contributed by atoms with Crippen LogP contribution in [0.4, 0.5) is 0 Å². The molecule has 0 amide bonds. The van der Waals surface area contributed by atoms with E-state index in [4.69, 9.17) is 5.11 Å². The highest BCUT2D eigenvalue weighted by Crippen LogP contribution is 2.33. The lowest BCUT2D eigenvalue weighted by Crippen LogP contribution is -2.40. The lowest BCUT2D eigenvalue weighted by Gasteiger charge is -2.24. The van der Waals surface area contributed by atoms with Crippen LogP contribution in [0.3, 0.4) is 0 Å². The molecule has 0 spiro atoms. The largest absolute Gasteiger partial charge is 0.479 e. The zero-order valence-electron chi connectivity index (χ0n) is 8.11. The van der Waals surface area contributed by atoms with Gasteiger partial charge in [-0.05, 0) is 12.3 Å². The van der Waals surface area contributed by atoms with Crippen molar-refractivity contribution in [3.8, 4) is 0 Å². The minimum atomic E-state index is -1.84. The number of rotatable bonds is 5. The number of aliphatic carboxylic acids is 1. The first-order chi connectivity index (χ1) is 6.58. The molecule has 0 aliphatic heterocycles. The second-order valence-corrected chi connectivity index (χ2v) is 4.06. The topological polar surface area (TPSA) is 74.6 Å². The maximum absolute atomic E-state index is 10.8. The fourth-order valence-corrected chi connectivity index (χ4v) is 2.09. The Kier molecular flexibility index (Phi) is 3.63. The van der Waals surface area contributed by atoms with Gasteiger partial charge in [-0.2, -0.15) is 0 Å². The molecule has 4 heteroatoms. The zero-order chi connectivity index (χ0) is 10.6. The molecule has 0 aromatic carbocycles. The Hall–Kier alpha value is -0.900. The predicted octanol–water partition coefficient (Wildman–Crippen LogP) is 0.971. The summed E-state index contributed by atoms with van der Waals surface area (Å²) in [4.78, 5) is 21.1. The molecule has 4 nitrogen and oxygen atoms in total. The van der Waals surface area contributed by atoms with Crippen molar-refractivity contribution in [3.63, 3.8) is 0 Å². The van der Waals surface area contributed by atoms with Gasteiger partial charge >= 0.3 is 5.97 Å². The van der Waals surface area contributed by atoms with Crippen molar-refractivity contribution in [1.29, 1.82) is 0 Å². The van der Waals surface area contributed by atoms with Gasteiger partial charge in [0.2, 0.25) is 0 Å². The number of aliphatic hydroxyl groups is 1. The summed E-state index contributed by atoms with van der Waals surface area (Å²) in [6.45, 7) is 0. The minimum absolute atomic E-state index is 0.209. The van der Waals surface area contributed by atoms with E-state index in [1.807, 2.05) is 0 Å². The lowest BCUT2D eigenvalue weighted by atomic mass is 9.87. The van der Waals surface area contributed by atoms with Crippen LogP contribution < -0.4 is 0 Å². The van der Waals surface area contributed by atoms with Gasteiger partial charge in [0.25, 0.3) is 0 Å². The second kappa shape index (κ2) is 4.55. The summed E-state index contributed by atoms with van der Waals surface area (Å²) in [6, 6.07) is 0. The first kappa shape index (κ1) is 11.2. The third-order valence-corrected chi connectivity index (χ3v) is 2.92. The molecule has 0 bridgehead atoms. The molecule has 1 fully saturated rings. The quantitative estimate of drug-likeness (QED) is 0.648. The molecule has 14 heavy (non-hydrogen) atoms. The van der Waals surface area contributed by atoms with E-state index in [2.05, 4.69) is 0 Å². The molecule has 0 heterocycles. The molecule has 0 radical (unpaired) electrons. The second-order valence-electron chi connectivity index (χ2n) is 4.06. The first-order valence-corrected chi connectivity index (χ1v) is 4.98. The average molecular weight is 200 g/mol. The van der Waals surface area contributed by atoms with Crippen molar-refractivity contribution in [2.45, 2.75) is 44.1 Å². The number of carboxylic acids is 1. The highest BCUT2D eigenvalue weighted by Gasteiger charge is 2.38. The highest BCUT2D eigenvalue weighted by atomic mass is 16.4. The molecule has 1 aliphatic rings. The van der Waals surface area contributed by atoms with E-state index in [0.29, 0.717) is 6.29 Å². The van der Waals surface area contributed by atoms with Gasteiger partial charge in [0.05, 0.1) is 0 Å². The summed E-state index contributed by atoms with van der Waals surface area (Å²) in [5.74, 6) is -1.02. The number of hydrogen-bond acceptors (Lipinski definition) is 3.